The van der Waals surface area contributed by atoms with Crippen LogP contribution in [0.25, 0.3) is 0 Å². The first-order chi connectivity index (χ1) is 9.18. The van der Waals surface area contributed by atoms with E-state index in [1.807, 2.05) is 12.1 Å². The summed E-state index contributed by atoms with van der Waals surface area (Å²) in [6, 6.07) is 7.32. The minimum absolute atomic E-state index is 0.0248. The third-order valence-corrected chi connectivity index (χ3v) is 4.17. The summed E-state index contributed by atoms with van der Waals surface area (Å²) in [4.78, 5) is 0. The highest BCUT2D eigenvalue weighted by Crippen LogP contribution is 2.38. The van der Waals surface area contributed by atoms with Crippen LogP contribution in [0, 0.1) is 17.7 Å². The van der Waals surface area contributed by atoms with Crippen LogP contribution >= 0.6 is 0 Å². The molecule has 106 valence electrons. The molecule has 1 nitrogen and oxygen atoms in total. The van der Waals surface area contributed by atoms with E-state index in [1.165, 1.54) is 19.3 Å². The zero-order chi connectivity index (χ0) is 13.7. The second-order valence-electron chi connectivity index (χ2n) is 6.22. The summed E-state index contributed by atoms with van der Waals surface area (Å²) in [7, 11) is 0. The van der Waals surface area contributed by atoms with Gasteiger partial charge in [-0.15, -0.1) is 0 Å². The van der Waals surface area contributed by atoms with Crippen LogP contribution in [0.3, 0.4) is 0 Å². The second-order valence-corrected chi connectivity index (χ2v) is 6.22. The van der Waals surface area contributed by atoms with Gasteiger partial charge in [-0.2, -0.15) is 0 Å². The molecule has 0 aliphatic heterocycles. The van der Waals surface area contributed by atoms with E-state index in [4.69, 9.17) is 0 Å². The molecule has 2 atom stereocenters. The lowest BCUT2D eigenvalue weighted by Crippen LogP contribution is -2.31. The van der Waals surface area contributed by atoms with Crippen molar-refractivity contribution >= 4 is 0 Å². The summed E-state index contributed by atoms with van der Waals surface area (Å²) in [6.45, 7) is 6.53. The zero-order valence-electron chi connectivity index (χ0n) is 12.2. The summed E-state index contributed by atoms with van der Waals surface area (Å²) in [5, 5.41) is 3.55. The Balaban J connectivity index is 2.02. The maximum Gasteiger partial charge on any atom is 0.126 e. The Morgan fingerprint density at radius 2 is 1.95 bits per heavy atom. The highest BCUT2D eigenvalue weighted by molar-refractivity contribution is 5.23. The van der Waals surface area contributed by atoms with Crippen LogP contribution in [-0.2, 0) is 0 Å². The van der Waals surface area contributed by atoms with Crippen molar-refractivity contribution in [2.45, 2.75) is 45.4 Å². The van der Waals surface area contributed by atoms with E-state index in [1.54, 1.807) is 12.1 Å². The van der Waals surface area contributed by atoms with Gasteiger partial charge in [0.15, 0.2) is 0 Å². The lowest BCUT2D eigenvalue weighted by atomic mass is 9.75. The number of nitrogens with one attached hydrogen (secondary N) is 1. The van der Waals surface area contributed by atoms with Gasteiger partial charge in [-0.1, -0.05) is 44.9 Å². The SMILES string of the molecule is CC(C)CNCC1CCCCC1c1ccccc1F. The molecule has 1 fully saturated rings. The fourth-order valence-corrected chi connectivity index (χ4v) is 3.19. The standard InChI is InChI=1S/C17H26FN/c1-13(2)11-19-12-14-7-3-4-8-15(14)16-9-5-6-10-17(16)18/h5-6,9-10,13-15,19H,3-4,7-8,11-12H2,1-2H3. The normalized spacial score (nSPS) is 23.8. The highest BCUT2D eigenvalue weighted by Gasteiger charge is 2.27. The lowest BCUT2D eigenvalue weighted by molar-refractivity contribution is 0.287. The molecule has 2 rings (SSSR count). The molecule has 0 aromatic heterocycles. The van der Waals surface area contributed by atoms with E-state index >= 15 is 0 Å². The van der Waals surface area contributed by atoms with Crippen LogP contribution in [0.1, 0.15) is 51.0 Å². The van der Waals surface area contributed by atoms with Crippen LogP contribution in [0.15, 0.2) is 24.3 Å². The molecule has 0 radical (unpaired) electrons. The topological polar surface area (TPSA) is 12.0 Å². The average Bonchev–Trinajstić information content (AvgIpc) is 2.40. The molecule has 2 unspecified atom stereocenters. The van der Waals surface area contributed by atoms with Crippen LogP contribution in [-0.4, -0.2) is 13.1 Å². The van der Waals surface area contributed by atoms with Gasteiger partial charge in [0.25, 0.3) is 0 Å². The smallest absolute Gasteiger partial charge is 0.126 e. The third-order valence-electron chi connectivity index (χ3n) is 4.17. The molecule has 1 saturated carbocycles. The number of halogens is 1. The number of benzene rings is 1. The lowest BCUT2D eigenvalue weighted by Gasteiger charge is -2.32. The Labute approximate surface area is 116 Å². The fourth-order valence-electron chi connectivity index (χ4n) is 3.19. The largest absolute Gasteiger partial charge is 0.316 e. The van der Waals surface area contributed by atoms with Gasteiger partial charge in [-0.25, -0.2) is 4.39 Å². The van der Waals surface area contributed by atoms with Gasteiger partial charge in [0.1, 0.15) is 5.82 Å². The Hall–Kier alpha value is -0.890. The van der Waals surface area contributed by atoms with E-state index in [0.717, 1.165) is 25.1 Å². The maximum absolute atomic E-state index is 14.0. The second kappa shape index (κ2) is 7.04. The molecule has 0 spiro atoms. The first kappa shape index (κ1) is 14.5. The molecule has 0 amide bonds. The van der Waals surface area contributed by atoms with Crippen molar-refractivity contribution in [2.24, 2.45) is 11.8 Å². The van der Waals surface area contributed by atoms with Gasteiger partial charge in [-0.3, -0.25) is 0 Å². The van der Waals surface area contributed by atoms with Gasteiger partial charge in [-0.05, 0) is 55.3 Å². The zero-order valence-corrected chi connectivity index (χ0v) is 12.2. The van der Waals surface area contributed by atoms with E-state index in [-0.39, 0.29) is 5.82 Å². The monoisotopic (exact) mass is 263 g/mol. The molecule has 0 bridgehead atoms. The Bertz CT molecular complexity index is 389. The summed E-state index contributed by atoms with van der Waals surface area (Å²) in [5.74, 6) is 1.64. The van der Waals surface area contributed by atoms with Crippen molar-refractivity contribution < 1.29 is 4.39 Å². The van der Waals surface area contributed by atoms with Crippen LogP contribution in [0.5, 0.6) is 0 Å². The van der Waals surface area contributed by atoms with Crippen LogP contribution in [0.4, 0.5) is 4.39 Å². The summed E-state index contributed by atoms with van der Waals surface area (Å²) in [5.41, 5.74) is 0.929. The molecule has 1 N–H and O–H groups in total. The molecule has 2 heteroatoms. The molecular formula is C17H26FN. The predicted octanol–water partition coefficient (Wildman–Crippen LogP) is 4.35. The third kappa shape index (κ3) is 4.04. The quantitative estimate of drug-likeness (QED) is 0.833. The number of hydrogen-bond donors (Lipinski definition) is 1. The highest BCUT2D eigenvalue weighted by atomic mass is 19.1. The van der Waals surface area contributed by atoms with E-state index < -0.39 is 0 Å². The summed E-state index contributed by atoms with van der Waals surface area (Å²) >= 11 is 0. The summed E-state index contributed by atoms with van der Waals surface area (Å²) < 4.78 is 14.0. The molecule has 1 aromatic rings. The minimum atomic E-state index is -0.0248. The Morgan fingerprint density at radius 1 is 1.21 bits per heavy atom. The average molecular weight is 263 g/mol. The Morgan fingerprint density at radius 3 is 2.68 bits per heavy atom. The predicted molar refractivity (Wildman–Crippen MR) is 78.8 cm³/mol. The van der Waals surface area contributed by atoms with E-state index in [2.05, 4.69) is 19.2 Å². The molecular weight excluding hydrogens is 237 g/mol. The van der Waals surface area contributed by atoms with Crippen molar-refractivity contribution in [3.63, 3.8) is 0 Å². The molecule has 0 saturated heterocycles. The van der Waals surface area contributed by atoms with E-state index in [0.29, 0.717) is 17.8 Å². The fraction of sp³-hybridized carbons (Fsp3) is 0.647. The van der Waals surface area contributed by atoms with Gasteiger partial charge in [0.2, 0.25) is 0 Å². The number of rotatable bonds is 5. The van der Waals surface area contributed by atoms with E-state index in [9.17, 15) is 4.39 Å². The summed E-state index contributed by atoms with van der Waals surface area (Å²) in [6.07, 6.45) is 4.89. The molecule has 1 aliphatic rings. The van der Waals surface area contributed by atoms with Crippen molar-refractivity contribution in [1.29, 1.82) is 0 Å². The van der Waals surface area contributed by atoms with Gasteiger partial charge < -0.3 is 5.32 Å². The first-order valence-corrected chi connectivity index (χ1v) is 7.63. The molecule has 0 heterocycles. The van der Waals surface area contributed by atoms with Crippen molar-refractivity contribution in [3.8, 4) is 0 Å². The van der Waals surface area contributed by atoms with Crippen molar-refractivity contribution in [2.75, 3.05) is 13.1 Å². The van der Waals surface area contributed by atoms with Gasteiger partial charge >= 0.3 is 0 Å². The molecule has 1 aromatic carbocycles. The Kier molecular flexibility index (Phi) is 5.38. The number of hydrogen-bond acceptors (Lipinski definition) is 1. The first-order valence-electron chi connectivity index (χ1n) is 7.63. The van der Waals surface area contributed by atoms with Crippen LogP contribution < -0.4 is 5.32 Å². The van der Waals surface area contributed by atoms with Crippen molar-refractivity contribution in [1.82, 2.24) is 5.32 Å². The maximum atomic E-state index is 14.0. The molecule has 1 aliphatic carbocycles. The van der Waals surface area contributed by atoms with Crippen LogP contribution in [0.2, 0.25) is 0 Å². The minimum Gasteiger partial charge on any atom is -0.316 e. The van der Waals surface area contributed by atoms with Crippen molar-refractivity contribution in [3.05, 3.63) is 35.6 Å². The van der Waals surface area contributed by atoms with Gasteiger partial charge in [0.05, 0.1) is 0 Å². The van der Waals surface area contributed by atoms with Gasteiger partial charge in [0, 0.05) is 0 Å². The molecule has 19 heavy (non-hydrogen) atoms.